The van der Waals surface area contributed by atoms with E-state index in [2.05, 4.69) is 173 Å². The van der Waals surface area contributed by atoms with E-state index in [1.54, 1.807) is 0 Å². The van der Waals surface area contributed by atoms with E-state index in [0.29, 0.717) is 0 Å². The third kappa shape index (κ3) is 3.77. The fourth-order valence-corrected chi connectivity index (χ4v) is 10.0. The van der Waals surface area contributed by atoms with Gasteiger partial charge in [-0.1, -0.05) is 146 Å². The molecule has 0 radical (unpaired) electrons. The Morgan fingerprint density at radius 3 is 0.673 bits per heavy atom. The van der Waals surface area contributed by atoms with Gasteiger partial charge < -0.3 is 0 Å². The van der Waals surface area contributed by atoms with Crippen LogP contribution in [-0.4, -0.2) is 0 Å². The minimum Gasteiger partial charge on any atom is -0.0622 e. The molecule has 11 rings (SSSR count). The van der Waals surface area contributed by atoms with Crippen molar-refractivity contribution in [1.82, 2.24) is 0 Å². The zero-order chi connectivity index (χ0) is 34.8. The lowest BCUT2D eigenvalue weighted by Gasteiger charge is -2.22. The summed E-state index contributed by atoms with van der Waals surface area (Å²) in [5.74, 6) is 0. The largest absolute Gasteiger partial charge is 0.0622 e. The van der Waals surface area contributed by atoms with Crippen molar-refractivity contribution in [3.05, 3.63) is 212 Å². The molecule has 0 unspecified atom stereocenters. The van der Waals surface area contributed by atoms with Crippen LogP contribution in [0.1, 0.15) is 66.8 Å². The summed E-state index contributed by atoms with van der Waals surface area (Å²) >= 11 is 0. The predicted octanol–water partition coefficient (Wildman–Crippen LogP) is 13.6. The normalized spacial score (nSPS) is 13.6. The van der Waals surface area contributed by atoms with Crippen LogP contribution in [0.3, 0.4) is 0 Å². The van der Waals surface area contributed by atoms with Crippen LogP contribution in [0.2, 0.25) is 0 Å². The highest BCUT2D eigenvalue weighted by atomic mass is 14.4. The molecule has 0 saturated heterocycles. The van der Waals surface area contributed by atoms with E-state index in [9.17, 15) is 0 Å². The van der Waals surface area contributed by atoms with Crippen molar-refractivity contribution in [2.75, 3.05) is 0 Å². The summed E-state index contributed by atoms with van der Waals surface area (Å²) in [5.41, 5.74) is 21.4. The number of hydrogen-bond acceptors (Lipinski definition) is 0. The Morgan fingerprint density at radius 1 is 0.250 bits per heavy atom. The fourth-order valence-electron chi connectivity index (χ4n) is 10.0. The molecular weight excluding hydrogens is 625 g/mol. The van der Waals surface area contributed by atoms with Crippen LogP contribution in [-0.2, 0) is 0 Å². The molecule has 0 bridgehead atoms. The van der Waals surface area contributed by atoms with Gasteiger partial charge >= 0.3 is 0 Å². The van der Waals surface area contributed by atoms with Crippen molar-refractivity contribution < 1.29 is 0 Å². The maximum atomic E-state index is 2.51. The molecule has 0 atom stereocenters. The summed E-state index contributed by atoms with van der Waals surface area (Å²) in [6.45, 7) is 9.35. The predicted molar refractivity (Wildman–Crippen MR) is 222 cm³/mol. The monoisotopic (exact) mass is 660 g/mol. The third-order valence-electron chi connectivity index (χ3n) is 11.9. The first-order valence-corrected chi connectivity index (χ1v) is 18.5. The zero-order valence-electron chi connectivity index (χ0n) is 29.9. The Labute approximate surface area is 304 Å². The lowest BCUT2D eigenvalue weighted by Crippen LogP contribution is -1.98. The van der Waals surface area contributed by atoms with Crippen LogP contribution in [0, 0.1) is 27.7 Å². The summed E-state index contributed by atoms with van der Waals surface area (Å²) in [4.78, 5) is 0. The van der Waals surface area contributed by atoms with E-state index in [1.807, 2.05) is 0 Å². The van der Waals surface area contributed by atoms with Crippen LogP contribution >= 0.6 is 0 Å². The van der Waals surface area contributed by atoms with Crippen LogP contribution < -0.4 is 0 Å². The van der Waals surface area contributed by atoms with E-state index >= 15 is 0 Å². The molecule has 0 aromatic heterocycles. The lowest BCUT2D eigenvalue weighted by atomic mass is 9.81. The van der Waals surface area contributed by atoms with Gasteiger partial charge in [0.2, 0.25) is 0 Å². The topological polar surface area (TPSA) is 0 Å². The van der Waals surface area contributed by atoms with E-state index < -0.39 is 0 Å². The molecule has 2 aliphatic rings. The molecule has 244 valence electrons. The second-order valence-corrected chi connectivity index (χ2v) is 14.9. The molecule has 0 saturated carbocycles. The van der Waals surface area contributed by atoms with Gasteiger partial charge in [-0.2, -0.15) is 0 Å². The number of hydrogen-bond donors (Lipinski definition) is 0. The Morgan fingerprint density at radius 2 is 0.462 bits per heavy atom. The van der Waals surface area contributed by atoms with Gasteiger partial charge in [0.15, 0.2) is 0 Å². The molecule has 52 heavy (non-hydrogen) atoms. The van der Waals surface area contributed by atoms with Crippen LogP contribution in [0.5, 0.6) is 0 Å². The molecule has 9 aromatic carbocycles. The maximum Gasteiger partial charge on any atom is -0.000810 e. The van der Waals surface area contributed by atoms with Gasteiger partial charge in [-0.05, 0) is 160 Å². The van der Waals surface area contributed by atoms with E-state index in [-0.39, 0.29) is 0 Å². The standard InChI is InChI=1S/C52H36/c1-29-25-37-38-26-31(3)43-47(35-21-13-7-14-22-35)48(36-23-15-8-16-24-36)44-32(4)28-40(50(38)52(43)44)39-27-30(2)42-46(34-19-11-6-12-20-34)45(33-17-9-5-10-18-33)41(29)51(42)49(37)39/h5-28H,1-4H3. The molecule has 0 N–H and O–H groups in total. The highest BCUT2D eigenvalue weighted by Crippen LogP contribution is 2.58. The molecule has 0 spiro atoms. The fraction of sp³-hybridized carbons (Fsp3) is 0.0769. The van der Waals surface area contributed by atoms with Gasteiger partial charge in [-0.3, -0.25) is 0 Å². The molecule has 0 nitrogen and oxygen atoms in total. The average molecular weight is 661 g/mol. The molecule has 9 aromatic rings. The molecule has 0 heteroatoms. The highest BCUT2D eigenvalue weighted by Gasteiger charge is 2.35. The van der Waals surface area contributed by atoms with Crippen LogP contribution in [0.15, 0.2) is 146 Å². The smallest absolute Gasteiger partial charge is 0.000810 e. The van der Waals surface area contributed by atoms with Gasteiger partial charge in [0.25, 0.3) is 0 Å². The average Bonchev–Trinajstić information content (AvgIpc) is 3.74. The molecule has 2 aliphatic carbocycles. The third-order valence-corrected chi connectivity index (χ3v) is 11.9. The van der Waals surface area contributed by atoms with Gasteiger partial charge in [0.1, 0.15) is 0 Å². The van der Waals surface area contributed by atoms with Crippen molar-refractivity contribution in [2.45, 2.75) is 27.7 Å². The Bertz CT molecular complexity index is 2620. The second-order valence-electron chi connectivity index (χ2n) is 14.9. The van der Waals surface area contributed by atoms with Crippen molar-refractivity contribution in [1.29, 1.82) is 0 Å². The summed E-state index contributed by atoms with van der Waals surface area (Å²) in [6, 6.07) is 54.2. The number of aryl methyl sites for hydroxylation is 4. The van der Waals surface area contributed by atoms with Crippen molar-refractivity contribution in [2.24, 2.45) is 0 Å². The summed E-state index contributed by atoms with van der Waals surface area (Å²) < 4.78 is 0. The quantitative estimate of drug-likeness (QED) is 0.130. The lowest BCUT2D eigenvalue weighted by molar-refractivity contribution is 1.45. The van der Waals surface area contributed by atoms with Crippen molar-refractivity contribution in [3.8, 4) is 0 Å². The Balaban J connectivity index is 1.33. The molecule has 0 amide bonds. The van der Waals surface area contributed by atoms with Gasteiger partial charge in [-0.15, -0.1) is 0 Å². The Kier molecular flexibility index (Phi) is 6.03. The highest BCUT2D eigenvalue weighted by molar-refractivity contribution is 6.40. The Hall–Kier alpha value is -6.24. The van der Waals surface area contributed by atoms with Crippen LogP contribution in [0.4, 0.5) is 0 Å². The van der Waals surface area contributed by atoms with Crippen molar-refractivity contribution >= 4 is 65.4 Å². The summed E-state index contributed by atoms with van der Waals surface area (Å²) in [5, 5.41) is 11.1. The molecular formula is C52H36. The van der Waals surface area contributed by atoms with E-state index in [1.165, 1.54) is 132 Å². The zero-order valence-corrected chi connectivity index (χ0v) is 29.9. The van der Waals surface area contributed by atoms with E-state index in [0.717, 1.165) is 0 Å². The second kappa shape index (κ2) is 10.6. The molecule has 0 heterocycles. The minimum absolute atomic E-state index is 1.27. The number of fused-ring (bicyclic) bond motifs is 2. The first kappa shape index (κ1) is 29.5. The van der Waals surface area contributed by atoms with E-state index in [4.69, 9.17) is 0 Å². The summed E-state index contributed by atoms with van der Waals surface area (Å²) in [6.07, 6.45) is 0. The van der Waals surface area contributed by atoms with Gasteiger partial charge in [0.05, 0.1) is 0 Å². The van der Waals surface area contributed by atoms with Crippen molar-refractivity contribution in [3.63, 3.8) is 0 Å². The molecule has 0 fully saturated rings. The summed E-state index contributed by atoms with van der Waals surface area (Å²) in [7, 11) is 0. The van der Waals surface area contributed by atoms with Crippen LogP contribution in [0.25, 0.3) is 65.4 Å². The van der Waals surface area contributed by atoms with Gasteiger partial charge in [-0.25, -0.2) is 0 Å². The van der Waals surface area contributed by atoms with Gasteiger partial charge in [0, 0.05) is 0 Å². The number of rotatable bonds is 4. The minimum atomic E-state index is 1.27. The SMILES string of the molecule is Cc1cc2c3cc(C)c4c5c(c(C)cc(c6cc(C)c7c(c1C(c1ccccc1)=C7c1ccccc1)c26)c53)C(c1ccccc1)=C4c1ccccc1. The number of benzene rings is 9. The molecule has 0 aliphatic heterocycles. The first-order valence-electron chi connectivity index (χ1n) is 18.5. The first-order chi connectivity index (χ1) is 25.5. The maximum absolute atomic E-state index is 2.51.